The van der Waals surface area contributed by atoms with Gasteiger partial charge in [0.15, 0.2) is 0 Å². The molecular weight excluding hydrogens is 406 g/mol. The number of hydrogen-bond acceptors (Lipinski definition) is 4. The number of sulfonamides is 1. The van der Waals surface area contributed by atoms with Gasteiger partial charge in [-0.3, -0.25) is 14.5 Å². The Morgan fingerprint density at radius 3 is 2.76 bits per heavy atom. The Labute approximate surface area is 154 Å². The second-order valence-electron chi connectivity index (χ2n) is 5.61. The Hall–Kier alpha value is -2.19. The molecule has 1 aliphatic heterocycles. The first kappa shape index (κ1) is 17.6. The second kappa shape index (κ2) is 6.97. The van der Waals surface area contributed by atoms with Gasteiger partial charge < -0.3 is 5.32 Å². The zero-order valence-electron chi connectivity index (χ0n) is 13.4. The number of halogens is 1. The first-order chi connectivity index (χ1) is 11.9. The Morgan fingerprint density at radius 2 is 2.00 bits per heavy atom. The van der Waals surface area contributed by atoms with Gasteiger partial charge in [-0.2, -0.15) is 0 Å². The van der Waals surface area contributed by atoms with Crippen LogP contribution >= 0.6 is 15.9 Å². The smallest absolute Gasteiger partial charge is 0.263 e. The summed E-state index contributed by atoms with van der Waals surface area (Å²) in [6.07, 6.45) is 0. The highest BCUT2D eigenvalue weighted by Gasteiger charge is 2.30. The minimum atomic E-state index is -3.59. The molecule has 1 unspecified atom stereocenters. The van der Waals surface area contributed by atoms with Crippen molar-refractivity contribution in [1.29, 1.82) is 0 Å². The van der Waals surface area contributed by atoms with Gasteiger partial charge in [-0.05, 0) is 36.8 Å². The summed E-state index contributed by atoms with van der Waals surface area (Å²) in [7, 11) is -3.59. The van der Waals surface area contributed by atoms with Crippen LogP contribution in [0, 0.1) is 0 Å². The van der Waals surface area contributed by atoms with E-state index < -0.39 is 10.0 Å². The van der Waals surface area contributed by atoms with Crippen molar-refractivity contribution in [2.45, 2.75) is 17.9 Å². The molecule has 0 saturated carbocycles. The lowest BCUT2D eigenvalue weighted by molar-refractivity contribution is -0.120. The Morgan fingerprint density at radius 1 is 1.24 bits per heavy atom. The number of amidine groups is 1. The van der Waals surface area contributed by atoms with Crippen LogP contribution in [0.1, 0.15) is 24.1 Å². The fourth-order valence-corrected chi connectivity index (χ4v) is 4.22. The summed E-state index contributed by atoms with van der Waals surface area (Å²) in [5.41, 5.74) is 1.44. The van der Waals surface area contributed by atoms with Crippen LogP contribution in [0.15, 0.2) is 62.9 Å². The number of nitrogens with zero attached hydrogens (tertiary/aromatic N) is 1. The SMILES string of the molecule is CC(NC(=O)CN=C1NS(=O)(=O)c2ccccc21)c1cccc(Br)c1. The first-order valence-electron chi connectivity index (χ1n) is 7.58. The van der Waals surface area contributed by atoms with Crippen LogP contribution in [0.4, 0.5) is 0 Å². The molecule has 2 aromatic rings. The third kappa shape index (κ3) is 3.91. The number of rotatable bonds is 4. The molecule has 6 nitrogen and oxygen atoms in total. The van der Waals surface area contributed by atoms with E-state index in [-0.39, 0.29) is 29.2 Å². The van der Waals surface area contributed by atoms with Crippen LogP contribution in [-0.2, 0) is 14.8 Å². The molecule has 0 radical (unpaired) electrons. The molecule has 8 heteroatoms. The molecule has 0 saturated heterocycles. The molecule has 1 amide bonds. The number of carbonyl (C=O) groups is 1. The summed E-state index contributed by atoms with van der Waals surface area (Å²) >= 11 is 3.40. The highest BCUT2D eigenvalue weighted by molar-refractivity contribution is 9.10. The van der Waals surface area contributed by atoms with Gasteiger partial charge in [0.25, 0.3) is 10.0 Å². The number of fused-ring (bicyclic) bond motifs is 1. The molecule has 2 aromatic carbocycles. The maximum atomic E-state index is 12.1. The van der Waals surface area contributed by atoms with Crippen molar-refractivity contribution in [3.63, 3.8) is 0 Å². The maximum absolute atomic E-state index is 12.1. The number of amides is 1. The van der Waals surface area contributed by atoms with E-state index in [4.69, 9.17) is 0 Å². The predicted molar refractivity (Wildman–Crippen MR) is 98.9 cm³/mol. The van der Waals surface area contributed by atoms with E-state index in [0.29, 0.717) is 5.56 Å². The van der Waals surface area contributed by atoms with E-state index in [1.807, 2.05) is 31.2 Å². The molecule has 1 heterocycles. The molecule has 1 atom stereocenters. The predicted octanol–water partition coefficient (Wildman–Crippen LogP) is 2.37. The number of carbonyl (C=O) groups excluding carboxylic acids is 1. The molecule has 2 N–H and O–H groups in total. The van der Waals surface area contributed by atoms with Crippen molar-refractivity contribution >= 4 is 37.7 Å². The molecular formula is C17H16BrN3O3S. The van der Waals surface area contributed by atoms with Gasteiger partial charge in [0.05, 0.1) is 10.9 Å². The van der Waals surface area contributed by atoms with Gasteiger partial charge in [0, 0.05) is 10.0 Å². The van der Waals surface area contributed by atoms with Crippen molar-refractivity contribution < 1.29 is 13.2 Å². The van der Waals surface area contributed by atoms with Gasteiger partial charge in [-0.15, -0.1) is 0 Å². The lowest BCUT2D eigenvalue weighted by Crippen LogP contribution is -2.30. The summed E-state index contributed by atoms with van der Waals surface area (Å²) in [5, 5.41) is 2.85. The fraction of sp³-hybridized carbons (Fsp3) is 0.176. The summed E-state index contributed by atoms with van der Waals surface area (Å²) in [6.45, 7) is 1.71. The van der Waals surface area contributed by atoms with Crippen molar-refractivity contribution in [2.24, 2.45) is 4.99 Å². The number of benzene rings is 2. The molecule has 3 rings (SSSR count). The molecule has 130 valence electrons. The fourth-order valence-electron chi connectivity index (χ4n) is 2.55. The van der Waals surface area contributed by atoms with Crippen molar-refractivity contribution in [3.05, 3.63) is 64.1 Å². The second-order valence-corrected chi connectivity index (χ2v) is 8.18. The van der Waals surface area contributed by atoms with Crippen LogP contribution in [0.5, 0.6) is 0 Å². The highest BCUT2D eigenvalue weighted by Crippen LogP contribution is 2.22. The van der Waals surface area contributed by atoms with E-state index >= 15 is 0 Å². The van der Waals surface area contributed by atoms with E-state index in [2.05, 4.69) is 31.0 Å². The van der Waals surface area contributed by atoms with Crippen LogP contribution in [-0.4, -0.2) is 26.7 Å². The minimum Gasteiger partial charge on any atom is -0.348 e. The van der Waals surface area contributed by atoms with Gasteiger partial charge >= 0.3 is 0 Å². The molecule has 0 aliphatic carbocycles. The monoisotopic (exact) mass is 421 g/mol. The maximum Gasteiger partial charge on any atom is 0.263 e. The van der Waals surface area contributed by atoms with E-state index in [0.717, 1.165) is 10.0 Å². The summed E-state index contributed by atoms with van der Waals surface area (Å²) < 4.78 is 27.3. The molecule has 0 aromatic heterocycles. The van der Waals surface area contributed by atoms with Crippen LogP contribution in [0.25, 0.3) is 0 Å². The third-order valence-corrected chi connectivity index (χ3v) is 5.66. The highest BCUT2D eigenvalue weighted by atomic mass is 79.9. The van der Waals surface area contributed by atoms with Gasteiger partial charge in [-0.25, -0.2) is 8.42 Å². The standard InChI is InChI=1S/C17H16BrN3O3S/c1-11(12-5-4-6-13(18)9-12)20-16(22)10-19-17-14-7-2-3-8-15(14)25(23,24)21-17/h2-9,11H,10H2,1H3,(H,19,21)(H,20,22). The van der Waals surface area contributed by atoms with E-state index in [1.165, 1.54) is 6.07 Å². The summed E-state index contributed by atoms with van der Waals surface area (Å²) in [4.78, 5) is 16.4. The zero-order chi connectivity index (χ0) is 18.0. The Bertz CT molecular complexity index is 957. The lowest BCUT2D eigenvalue weighted by Gasteiger charge is -2.14. The van der Waals surface area contributed by atoms with Crippen molar-refractivity contribution in [3.8, 4) is 0 Å². The number of nitrogens with one attached hydrogen (secondary N) is 2. The average Bonchev–Trinajstić information content (AvgIpc) is 2.84. The number of aliphatic imine (C=N–C) groups is 1. The third-order valence-electron chi connectivity index (χ3n) is 3.77. The topological polar surface area (TPSA) is 87.6 Å². The average molecular weight is 422 g/mol. The Kier molecular flexibility index (Phi) is 4.91. The molecule has 0 fully saturated rings. The zero-order valence-corrected chi connectivity index (χ0v) is 15.8. The van der Waals surface area contributed by atoms with Gasteiger partial charge in [0.1, 0.15) is 12.4 Å². The molecule has 0 spiro atoms. The minimum absolute atomic E-state index is 0.162. The molecule has 25 heavy (non-hydrogen) atoms. The van der Waals surface area contributed by atoms with Gasteiger partial charge in [0.2, 0.25) is 5.91 Å². The quantitative estimate of drug-likeness (QED) is 0.793. The van der Waals surface area contributed by atoms with E-state index in [1.54, 1.807) is 18.2 Å². The molecule has 1 aliphatic rings. The van der Waals surface area contributed by atoms with E-state index in [9.17, 15) is 13.2 Å². The largest absolute Gasteiger partial charge is 0.348 e. The summed E-state index contributed by atoms with van der Waals surface area (Å²) in [5.74, 6) is -0.0931. The van der Waals surface area contributed by atoms with Crippen LogP contribution in [0.3, 0.4) is 0 Å². The van der Waals surface area contributed by atoms with Gasteiger partial charge in [-0.1, -0.05) is 40.2 Å². The van der Waals surface area contributed by atoms with Crippen LogP contribution < -0.4 is 10.0 Å². The number of hydrogen-bond donors (Lipinski definition) is 2. The summed E-state index contributed by atoms with van der Waals surface area (Å²) in [6, 6.07) is 14.0. The normalized spacial score (nSPS) is 17.6. The first-order valence-corrected chi connectivity index (χ1v) is 9.86. The lowest BCUT2D eigenvalue weighted by atomic mass is 10.1. The van der Waals surface area contributed by atoms with Crippen molar-refractivity contribution in [1.82, 2.24) is 10.0 Å². The Balaban J connectivity index is 1.69. The van der Waals surface area contributed by atoms with Crippen LogP contribution in [0.2, 0.25) is 0 Å². The molecule has 0 bridgehead atoms. The van der Waals surface area contributed by atoms with Crippen molar-refractivity contribution in [2.75, 3.05) is 6.54 Å².